The van der Waals surface area contributed by atoms with Gasteiger partial charge in [-0.15, -0.1) is 0 Å². The highest BCUT2D eigenvalue weighted by atomic mass is 16.3. The molecular formula is C54H32N4O. The van der Waals surface area contributed by atoms with Gasteiger partial charge >= 0.3 is 0 Å². The zero-order valence-corrected chi connectivity index (χ0v) is 31.7. The molecule has 9 aromatic carbocycles. The number of hydrogen-bond donors (Lipinski definition) is 0. The van der Waals surface area contributed by atoms with Crippen molar-refractivity contribution in [3.8, 4) is 34.0 Å². The van der Waals surface area contributed by atoms with E-state index in [0.29, 0.717) is 5.95 Å². The topological polar surface area (TPSA) is 48.8 Å². The largest absolute Gasteiger partial charge is 0.456 e. The van der Waals surface area contributed by atoms with Crippen molar-refractivity contribution in [2.75, 3.05) is 0 Å². The highest BCUT2D eigenvalue weighted by molar-refractivity contribution is 6.19. The molecule has 5 nitrogen and oxygen atoms in total. The fraction of sp³-hybridized carbons (Fsp3) is 0. The average molecular weight is 753 g/mol. The van der Waals surface area contributed by atoms with E-state index in [-0.39, 0.29) is 0 Å². The van der Waals surface area contributed by atoms with Crippen LogP contribution in [0.5, 0.6) is 0 Å². The average Bonchev–Trinajstić information content (AvgIpc) is 3.96. The van der Waals surface area contributed by atoms with Gasteiger partial charge in [0.1, 0.15) is 11.2 Å². The molecule has 13 rings (SSSR count). The SMILES string of the molecule is c1ccc(-n2c3ccccc3c3cc(-c4ccc5c(c4)c4ccccc4n5-c4nc(-c5ccc6c(ccc7oc8ccccc8c76)c5)c5ccccc5n4)ccc32)cc1. The molecule has 0 aliphatic heterocycles. The van der Waals surface area contributed by atoms with Crippen molar-refractivity contribution in [1.82, 2.24) is 19.1 Å². The summed E-state index contributed by atoms with van der Waals surface area (Å²) in [5, 5.41) is 10.4. The highest BCUT2D eigenvalue weighted by Gasteiger charge is 2.20. The minimum Gasteiger partial charge on any atom is -0.456 e. The van der Waals surface area contributed by atoms with Crippen LogP contribution in [-0.4, -0.2) is 19.1 Å². The monoisotopic (exact) mass is 752 g/mol. The van der Waals surface area contributed by atoms with Crippen LogP contribution in [0.1, 0.15) is 0 Å². The van der Waals surface area contributed by atoms with Gasteiger partial charge in [-0.3, -0.25) is 4.57 Å². The number of fused-ring (bicyclic) bond motifs is 12. The van der Waals surface area contributed by atoms with Gasteiger partial charge in [-0.1, -0.05) is 121 Å². The second-order valence-corrected chi connectivity index (χ2v) is 15.4. The van der Waals surface area contributed by atoms with Gasteiger partial charge in [0, 0.05) is 49.0 Å². The van der Waals surface area contributed by atoms with Crippen LogP contribution in [0.4, 0.5) is 0 Å². The molecule has 0 amide bonds. The first-order valence-electron chi connectivity index (χ1n) is 20.0. The first kappa shape index (κ1) is 32.1. The molecular weight excluding hydrogens is 721 g/mol. The van der Waals surface area contributed by atoms with Gasteiger partial charge in [-0.25, -0.2) is 9.97 Å². The Labute approximate surface area is 337 Å². The van der Waals surface area contributed by atoms with E-state index in [0.717, 1.165) is 87.9 Å². The van der Waals surface area contributed by atoms with E-state index in [9.17, 15) is 0 Å². The Morgan fingerprint density at radius 1 is 0.356 bits per heavy atom. The number of rotatable bonds is 4. The molecule has 0 aliphatic carbocycles. The van der Waals surface area contributed by atoms with Crippen LogP contribution in [0, 0.1) is 0 Å². The molecule has 274 valence electrons. The number of para-hydroxylation sites is 5. The molecule has 13 aromatic rings. The minimum atomic E-state index is 0.643. The van der Waals surface area contributed by atoms with E-state index in [2.05, 4.69) is 191 Å². The molecule has 0 fully saturated rings. The lowest BCUT2D eigenvalue weighted by Crippen LogP contribution is -2.03. The van der Waals surface area contributed by atoms with Gasteiger partial charge in [-0.05, 0) is 94.7 Å². The zero-order valence-electron chi connectivity index (χ0n) is 31.7. The van der Waals surface area contributed by atoms with Crippen molar-refractivity contribution in [1.29, 1.82) is 0 Å². The molecule has 59 heavy (non-hydrogen) atoms. The van der Waals surface area contributed by atoms with Crippen molar-refractivity contribution in [2.24, 2.45) is 0 Å². The minimum absolute atomic E-state index is 0.643. The number of furan rings is 1. The van der Waals surface area contributed by atoms with Gasteiger partial charge < -0.3 is 8.98 Å². The maximum absolute atomic E-state index is 6.22. The van der Waals surface area contributed by atoms with Gasteiger partial charge in [-0.2, -0.15) is 0 Å². The van der Waals surface area contributed by atoms with E-state index in [1.807, 2.05) is 12.1 Å². The highest BCUT2D eigenvalue weighted by Crippen LogP contribution is 2.40. The molecule has 0 unspecified atom stereocenters. The molecule has 5 heteroatoms. The molecule has 0 bridgehead atoms. The summed E-state index contributed by atoms with van der Waals surface area (Å²) >= 11 is 0. The summed E-state index contributed by atoms with van der Waals surface area (Å²) in [6.07, 6.45) is 0. The van der Waals surface area contributed by atoms with Crippen molar-refractivity contribution >= 4 is 87.2 Å². The number of benzene rings is 9. The second kappa shape index (κ2) is 12.2. The van der Waals surface area contributed by atoms with E-state index in [4.69, 9.17) is 14.4 Å². The Kier molecular flexibility index (Phi) is 6.66. The standard InChI is InChI=1S/C54H32N4O/c1-2-12-37(13-3-1)57-46-19-9-5-14-39(46)43-31-33(23-27-48(43)57)34-24-28-49-44(32-34)40-15-6-10-20-47(40)58(49)54-55-45-18-8-4-16-41(45)53(56-54)36-22-26-38-35(30-36)25-29-51-52(38)42-17-7-11-21-50(42)59-51/h1-32H. The maximum atomic E-state index is 6.22. The van der Waals surface area contributed by atoms with Crippen molar-refractivity contribution < 1.29 is 4.42 Å². The summed E-state index contributed by atoms with van der Waals surface area (Å²) in [7, 11) is 0. The Hall–Kier alpha value is -8.02. The van der Waals surface area contributed by atoms with E-state index in [1.54, 1.807) is 0 Å². The normalized spacial score (nSPS) is 12.1. The van der Waals surface area contributed by atoms with Crippen molar-refractivity contribution in [3.05, 3.63) is 194 Å². The smallest absolute Gasteiger partial charge is 0.235 e. The Morgan fingerprint density at radius 2 is 0.949 bits per heavy atom. The van der Waals surface area contributed by atoms with Crippen LogP contribution in [0.3, 0.4) is 0 Å². The zero-order chi connectivity index (χ0) is 38.6. The summed E-state index contributed by atoms with van der Waals surface area (Å²) in [6.45, 7) is 0. The van der Waals surface area contributed by atoms with Crippen LogP contribution >= 0.6 is 0 Å². The molecule has 0 saturated heterocycles. The summed E-state index contributed by atoms with van der Waals surface area (Å²) in [4.78, 5) is 10.7. The third-order valence-electron chi connectivity index (χ3n) is 12.1. The molecule has 0 N–H and O–H groups in total. The van der Waals surface area contributed by atoms with Crippen LogP contribution in [0.15, 0.2) is 199 Å². The Bertz CT molecular complexity index is 3850. The predicted octanol–water partition coefficient (Wildman–Crippen LogP) is 14.2. The molecule has 0 atom stereocenters. The van der Waals surface area contributed by atoms with Crippen LogP contribution < -0.4 is 0 Å². The first-order valence-corrected chi connectivity index (χ1v) is 20.0. The fourth-order valence-corrected chi connectivity index (χ4v) is 9.46. The summed E-state index contributed by atoms with van der Waals surface area (Å²) in [5.74, 6) is 0.643. The fourth-order valence-electron chi connectivity index (χ4n) is 9.46. The summed E-state index contributed by atoms with van der Waals surface area (Å²) in [5.41, 5.74) is 12.6. The molecule has 0 aliphatic rings. The molecule has 4 aromatic heterocycles. The lowest BCUT2D eigenvalue weighted by Gasteiger charge is -2.12. The van der Waals surface area contributed by atoms with Crippen LogP contribution in [-0.2, 0) is 0 Å². The van der Waals surface area contributed by atoms with Crippen LogP contribution in [0.2, 0.25) is 0 Å². The van der Waals surface area contributed by atoms with Gasteiger partial charge in [0.2, 0.25) is 5.95 Å². The predicted molar refractivity (Wildman–Crippen MR) is 244 cm³/mol. The Morgan fingerprint density at radius 3 is 1.71 bits per heavy atom. The van der Waals surface area contributed by atoms with Crippen molar-refractivity contribution in [2.45, 2.75) is 0 Å². The van der Waals surface area contributed by atoms with Gasteiger partial charge in [0.15, 0.2) is 0 Å². The second-order valence-electron chi connectivity index (χ2n) is 15.4. The maximum Gasteiger partial charge on any atom is 0.235 e. The number of aromatic nitrogens is 4. The molecule has 0 radical (unpaired) electrons. The lowest BCUT2D eigenvalue weighted by molar-refractivity contribution is 0.669. The molecule has 4 heterocycles. The molecule has 0 spiro atoms. The molecule has 0 saturated carbocycles. The van der Waals surface area contributed by atoms with Gasteiger partial charge in [0.05, 0.1) is 33.3 Å². The number of hydrogen-bond acceptors (Lipinski definition) is 3. The van der Waals surface area contributed by atoms with Crippen molar-refractivity contribution in [3.63, 3.8) is 0 Å². The Balaban J connectivity index is 0.985. The number of nitrogens with zero attached hydrogens (tertiary/aromatic N) is 4. The van der Waals surface area contributed by atoms with Crippen LogP contribution in [0.25, 0.3) is 121 Å². The summed E-state index contributed by atoms with van der Waals surface area (Å²) in [6, 6.07) is 69.0. The quantitative estimate of drug-likeness (QED) is 0.180. The van der Waals surface area contributed by atoms with E-state index < -0.39 is 0 Å². The van der Waals surface area contributed by atoms with E-state index in [1.165, 1.54) is 27.4 Å². The third kappa shape index (κ3) is 4.73. The third-order valence-corrected chi connectivity index (χ3v) is 12.1. The van der Waals surface area contributed by atoms with E-state index >= 15 is 0 Å². The summed E-state index contributed by atoms with van der Waals surface area (Å²) < 4.78 is 10.8. The van der Waals surface area contributed by atoms with Gasteiger partial charge in [0.25, 0.3) is 0 Å². The first-order chi connectivity index (χ1) is 29.2. The lowest BCUT2D eigenvalue weighted by atomic mass is 9.99.